The van der Waals surface area contributed by atoms with E-state index >= 15 is 0 Å². The van der Waals surface area contributed by atoms with Crippen molar-refractivity contribution in [2.24, 2.45) is 0 Å². The molecule has 0 atom stereocenters. The normalized spacial score (nSPS) is 11.9. The Labute approximate surface area is 60.3 Å². The highest BCUT2D eigenvalue weighted by molar-refractivity contribution is 7.18. The van der Waals surface area contributed by atoms with Gasteiger partial charge in [0.1, 0.15) is 13.5 Å². The van der Waals surface area contributed by atoms with E-state index in [9.17, 15) is 13.2 Å². The van der Waals surface area contributed by atoms with Gasteiger partial charge in [0.15, 0.2) is 0 Å². The van der Waals surface area contributed by atoms with Crippen LogP contribution in [0.3, 0.4) is 0 Å². The molecule has 0 amide bonds. The van der Waals surface area contributed by atoms with E-state index in [0.717, 1.165) is 16.8 Å². The Bertz CT molecular complexity index is 231. The SMILES string of the molecule is [B]c1scnc1C(F)(F)F. The van der Waals surface area contributed by atoms with E-state index < -0.39 is 11.9 Å². The molecule has 0 aromatic carbocycles. The summed E-state index contributed by atoms with van der Waals surface area (Å²) in [6.07, 6.45) is -4.41. The number of halogens is 3. The van der Waals surface area contributed by atoms with Crippen LogP contribution in [0.1, 0.15) is 5.69 Å². The zero-order chi connectivity index (χ0) is 7.78. The van der Waals surface area contributed by atoms with Crippen LogP contribution < -0.4 is 4.78 Å². The second-order valence-corrected chi connectivity index (χ2v) is 2.45. The largest absolute Gasteiger partial charge is 0.433 e. The first-order chi connectivity index (χ1) is 4.52. The van der Waals surface area contributed by atoms with Crippen molar-refractivity contribution in [2.75, 3.05) is 0 Å². The quantitative estimate of drug-likeness (QED) is 0.519. The Morgan fingerprint density at radius 3 is 2.30 bits per heavy atom. The van der Waals surface area contributed by atoms with Crippen LogP contribution >= 0.6 is 11.3 Å². The minimum atomic E-state index is -4.41. The molecule has 1 aromatic rings. The average molecular weight is 163 g/mol. The second-order valence-electron chi connectivity index (χ2n) is 1.56. The molecular weight excluding hydrogens is 162 g/mol. The fourth-order valence-electron chi connectivity index (χ4n) is 0.468. The summed E-state index contributed by atoms with van der Waals surface area (Å²) in [6, 6.07) is 0. The lowest BCUT2D eigenvalue weighted by molar-refractivity contribution is -0.139. The summed E-state index contributed by atoms with van der Waals surface area (Å²) in [5.74, 6) is 0. The van der Waals surface area contributed by atoms with Gasteiger partial charge in [0.05, 0.1) is 5.51 Å². The van der Waals surface area contributed by atoms with Crippen LogP contribution in [-0.2, 0) is 6.18 Å². The molecule has 0 aliphatic rings. The van der Waals surface area contributed by atoms with E-state index in [0.29, 0.717) is 0 Å². The lowest BCUT2D eigenvalue weighted by atomic mass is 10.1. The Balaban J connectivity index is 3.05. The summed E-state index contributed by atoms with van der Waals surface area (Å²) in [5, 5.41) is 0. The third kappa shape index (κ3) is 1.31. The summed E-state index contributed by atoms with van der Waals surface area (Å²) in [6.45, 7) is 0. The van der Waals surface area contributed by atoms with Gasteiger partial charge >= 0.3 is 6.18 Å². The van der Waals surface area contributed by atoms with Crippen LogP contribution in [0.2, 0.25) is 0 Å². The lowest BCUT2D eigenvalue weighted by Crippen LogP contribution is -2.16. The Hall–Kier alpha value is -0.515. The molecule has 0 aliphatic carbocycles. The van der Waals surface area contributed by atoms with Gasteiger partial charge < -0.3 is 0 Å². The number of thiazole rings is 1. The number of alkyl halides is 3. The zero-order valence-electron chi connectivity index (χ0n) is 4.64. The molecule has 0 bridgehead atoms. The molecule has 1 heterocycles. The predicted octanol–water partition coefficient (Wildman–Crippen LogP) is 0.956. The number of hydrogen-bond donors (Lipinski definition) is 0. The molecule has 1 aromatic heterocycles. The van der Waals surface area contributed by atoms with Crippen molar-refractivity contribution in [3.63, 3.8) is 0 Å². The van der Waals surface area contributed by atoms with Crippen molar-refractivity contribution in [3.05, 3.63) is 11.2 Å². The molecule has 0 saturated carbocycles. The van der Waals surface area contributed by atoms with E-state index in [1.807, 2.05) is 0 Å². The summed E-state index contributed by atoms with van der Waals surface area (Å²) in [5.41, 5.74) is 0.0792. The molecule has 10 heavy (non-hydrogen) atoms. The highest BCUT2D eigenvalue weighted by Gasteiger charge is 2.34. The van der Waals surface area contributed by atoms with Crippen LogP contribution in [0.15, 0.2) is 5.51 Å². The van der Waals surface area contributed by atoms with Crippen LogP contribution in [0.25, 0.3) is 0 Å². The highest BCUT2D eigenvalue weighted by Crippen LogP contribution is 2.26. The number of hydrogen-bond acceptors (Lipinski definition) is 2. The zero-order valence-corrected chi connectivity index (χ0v) is 5.46. The molecule has 0 N–H and O–H groups in total. The number of rotatable bonds is 0. The standard InChI is InChI=1S/C4HBF3NS/c5-3-2(4(6,7)8)9-1-10-3/h1H. The van der Waals surface area contributed by atoms with E-state index in [-0.39, 0.29) is 4.78 Å². The third-order valence-electron chi connectivity index (χ3n) is 0.863. The minimum Gasteiger partial charge on any atom is -0.241 e. The molecule has 0 saturated heterocycles. The maximum atomic E-state index is 11.7. The predicted molar refractivity (Wildman–Crippen MR) is 32.5 cm³/mol. The molecule has 52 valence electrons. The molecule has 1 rings (SSSR count). The van der Waals surface area contributed by atoms with Gasteiger partial charge in [-0.15, -0.1) is 11.3 Å². The van der Waals surface area contributed by atoms with Crippen LogP contribution in [0.5, 0.6) is 0 Å². The van der Waals surface area contributed by atoms with Crippen molar-refractivity contribution in [1.29, 1.82) is 0 Å². The maximum absolute atomic E-state index is 11.7. The van der Waals surface area contributed by atoms with Crippen LogP contribution in [0, 0.1) is 0 Å². The number of nitrogens with zero attached hydrogens (tertiary/aromatic N) is 1. The van der Waals surface area contributed by atoms with Gasteiger partial charge in [-0.2, -0.15) is 13.2 Å². The van der Waals surface area contributed by atoms with Gasteiger partial charge in [0.25, 0.3) is 0 Å². The number of aromatic nitrogens is 1. The molecular formula is C4HBF3NS. The summed E-state index contributed by atoms with van der Waals surface area (Å²) < 4.78 is 35.0. The second kappa shape index (κ2) is 2.27. The van der Waals surface area contributed by atoms with Gasteiger partial charge in [-0.1, -0.05) is 0 Å². The van der Waals surface area contributed by atoms with Gasteiger partial charge in [-0.05, 0) is 4.78 Å². The van der Waals surface area contributed by atoms with Gasteiger partial charge in [-0.3, -0.25) is 0 Å². The molecule has 6 heteroatoms. The minimum absolute atomic E-state index is 0.285. The summed E-state index contributed by atoms with van der Waals surface area (Å²) >= 11 is 0.778. The first kappa shape index (κ1) is 7.59. The Kier molecular flexibility index (Phi) is 1.72. The van der Waals surface area contributed by atoms with E-state index in [4.69, 9.17) is 7.85 Å². The van der Waals surface area contributed by atoms with Crippen molar-refractivity contribution in [1.82, 2.24) is 4.98 Å². The topological polar surface area (TPSA) is 12.9 Å². The third-order valence-corrected chi connectivity index (χ3v) is 1.52. The van der Waals surface area contributed by atoms with Crippen LogP contribution in [-0.4, -0.2) is 12.8 Å². The molecule has 0 fully saturated rings. The molecule has 0 aliphatic heterocycles. The highest BCUT2D eigenvalue weighted by atomic mass is 32.1. The van der Waals surface area contributed by atoms with Crippen molar-refractivity contribution in [3.8, 4) is 0 Å². The van der Waals surface area contributed by atoms with Crippen LogP contribution in [0.4, 0.5) is 13.2 Å². The fraction of sp³-hybridized carbons (Fsp3) is 0.250. The Morgan fingerprint density at radius 1 is 1.50 bits per heavy atom. The molecule has 1 nitrogen and oxygen atoms in total. The van der Waals surface area contributed by atoms with E-state index in [2.05, 4.69) is 4.98 Å². The van der Waals surface area contributed by atoms with Crippen molar-refractivity contribution in [2.45, 2.75) is 6.18 Å². The van der Waals surface area contributed by atoms with Gasteiger partial charge in [0.2, 0.25) is 0 Å². The van der Waals surface area contributed by atoms with Gasteiger partial charge in [0, 0.05) is 0 Å². The molecule has 0 unspecified atom stereocenters. The fourth-order valence-corrected chi connectivity index (χ4v) is 1.02. The first-order valence-corrected chi connectivity index (χ1v) is 3.16. The molecule has 2 radical (unpaired) electrons. The van der Waals surface area contributed by atoms with Crippen molar-refractivity contribution >= 4 is 24.0 Å². The average Bonchev–Trinajstić information content (AvgIpc) is 2.11. The first-order valence-electron chi connectivity index (χ1n) is 2.28. The monoisotopic (exact) mass is 163 g/mol. The lowest BCUT2D eigenvalue weighted by Gasteiger charge is -2.01. The Morgan fingerprint density at radius 2 is 2.10 bits per heavy atom. The molecule has 0 spiro atoms. The smallest absolute Gasteiger partial charge is 0.241 e. The maximum Gasteiger partial charge on any atom is 0.433 e. The van der Waals surface area contributed by atoms with Gasteiger partial charge in [-0.25, -0.2) is 4.98 Å². The van der Waals surface area contributed by atoms with Crippen molar-refractivity contribution < 1.29 is 13.2 Å². The van der Waals surface area contributed by atoms with E-state index in [1.54, 1.807) is 0 Å². The summed E-state index contributed by atoms with van der Waals surface area (Å²) in [7, 11) is 4.96. The summed E-state index contributed by atoms with van der Waals surface area (Å²) in [4.78, 5) is 3.06. The van der Waals surface area contributed by atoms with E-state index in [1.165, 1.54) is 0 Å².